The maximum atomic E-state index is 12.2. The molecule has 0 saturated heterocycles. The van der Waals surface area contributed by atoms with Crippen LogP contribution in [0.15, 0.2) is 39.6 Å². The number of aryl methyl sites for hydroxylation is 1. The highest BCUT2D eigenvalue weighted by atomic mass is 16.5. The van der Waals surface area contributed by atoms with E-state index < -0.39 is 0 Å². The van der Waals surface area contributed by atoms with Crippen molar-refractivity contribution >= 4 is 11.0 Å². The summed E-state index contributed by atoms with van der Waals surface area (Å²) in [5.41, 5.74) is 2.81. The maximum Gasteiger partial charge on any atom is 0.326 e. The second kappa shape index (κ2) is 7.94. The number of benzene rings is 2. The standard InChI is InChI=1S/C21H22N4O5/c1-5-8-25-15-7-6-12(9-14(15)22-21(25)26)19-23-20(30-24-19)13-10-16(27-2)18(29-4)17(11-13)28-3/h6-7,9-11H,5,8H2,1-4H3,(H,22,26). The van der Waals surface area contributed by atoms with Crippen molar-refractivity contribution in [3.63, 3.8) is 0 Å². The van der Waals surface area contributed by atoms with Crippen molar-refractivity contribution in [2.45, 2.75) is 19.9 Å². The van der Waals surface area contributed by atoms with E-state index in [0.29, 0.717) is 41.1 Å². The number of aromatic nitrogens is 4. The summed E-state index contributed by atoms with van der Waals surface area (Å²) >= 11 is 0. The third-order valence-corrected chi connectivity index (χ3v) is 4.82. The SMILES string of the molecule is CCCn1c(=O)[nH]c2cc(-c3noc(-c4cc(OC)c(OC)c(OC)c4)n3)ccc21. The van der Waals surface area contributed by atoms with Gasteiger partial charge in [0.25, 0.3) is 5.89 Å². The highest BCUT2D eigenvalue weighted by Gasteiger charge is 2.18. The molecule has 0 aliphatic carbocycles. The van der Waals surface area contributed by atoms with E-state index >= 15 is 0 Å². The second-order valence-electron chi connectivity index (χ2n) is 6.65. The molecule has 0 fully saturated rings. The summed E-state index contributed by atoms with van der Waals surface area (Å²) in [5.74, 6) is 2.17. The van der Waals surface area contributed by atoms with Crippen LogP contribution in [-0.4, -0.2) is 41.0 Å². The molecule has 0 atom stereocenters. The third kappa shape index (κ3) is 3.28. The maximum absolute atomic E-state index is 12.2. The normalized spacial score (nSPS) is 11.1. The van der Waals surface area contributed by atoms with Crippen LogP contribution in [0.25, 0.3) is 33.9 Å². The van der Waals surface area contributed by atoms with Crippen molar-refractivity contribution < 1.29 is 18.7 Å². The lowest BCUT2D eigenvalue weighted by atomic mass is 10.1. The van der Waals surface area contributed by atoms with Gasteiger partial charge in [-0.2, -0.15) is 4.98 Å². The van der Waals surface area contributed by atoms with E-state index in [2.05, 4.69) is 15.1 Å². The number of hydrogen-bond acceptors (Lipinski definition) is 7. The zero-order valence-electron chi connectivity index (χ0n) is 17.2. The van der Waals surface area contributed by atoms with E-state index in [-0.39, 0.29) is 5.69 Å². The van der Waals surface area contributed by atoms with Crippen LogP contribution in [0, 0.1) is 0 Å². The largest absolute Gasteiger partial charge is 0.493 e. The van der Waals surface area contributed by atoms with Crippen molar-refractivity contribution in [2.24, 2.45) is 0 Å². The highest BCUT2D eigenvalue weighted by Crippen LogP contribution is 2.41. The van der Waals surface area contributed by atoms with E-state index in [9.17, 15) is 4.79 Å². The van der Waals surface area contributed by atoms with Gasteiger partial charge in [-0.1, -0.05) is 12.1 Å². The lowest BCUT2D eigenvalue weighted by Gasteiger charge is -2.12. The van der Waals surface area contributed by atoms with Crippen LogP contribution in [0.5, 0.6) is 17.2 Å². The minimum atomic E-state index is -0.129. The first-order valence-electron chi connectivity index (χ1n) is 9.46. The zero-order valence-corrected chi connectivity index (χ0v) is 17.2. The minimum absolute atomic E-state index is 0.129. The first-order valence-corrected chi connectivity index (χ1v) is 9.46. The number of ether oxygens (including phenoxy) is 3. The van der Waals surface area contributed by atoms with Crippen molar-refractivity contribution in [1.29, 1.82) is 0 Å². The van der Waals surface area contributed by atoms with Gasteiger partial charge in [0.15, 0.2) is 11.5 Å². The van der Waals surface area contributed by atoms with E-state index in [1.165, 1.54) is 0 Å². The van der Waals surface area contributed by atoms with Crippen molar-refractivity contribution in [1.82, 2.24) is 19.7 Å². The minimum Gasteiger partial charge on any atom is -0.493 e. The van der Waals surface area contributed by atoms with Crippen LogP contribution in [-0.2, 0) is 6.54 Å². The molecule has 0 amide bonds. The van der Waals surface area contributed by atoms with Gasteiger partial charge in [-0.25, -0.2) is 4.79 Å². The highest BCUT2D eigenvalue weighted by molar-refractivity contribution is 5.81. The van der Waals surface area contributed by atoms with Gasteiger partial charge in [0.05, 0.1) is 32.4 Å². The van der Waals surface area contributed by atoms with E-state index in [1.54, 1.807) is 38.0 Å². The number of imidazole rings is 1. The fraction of sp³-hybridized carbons (Fsp3) is 0.286. The van der Waals surface area contributed by atoms with Gasteiger partial charge in [-0.05, 0) is 36.8 Å². The lowest BCUT2D eigenvalue weighted by molar-refractivity contribution is 0.324. The Morgan fingerprint density at radius 1 is 1.03 bits per heavy atom. The van der Waals surface area contributed by atoms with Crippen molar-refractivity contribution in [2.75, 3.05) is 21.3 Å². The molecular formula is C21H22N4O5. The zero-order chi connectivity index (χ0) is 21.3. The number of nitrogens with zero attached hydrogens (tertiary/aromatic N) is 3. The first-order chi connectivity index (χ1) is 14.6. The van der Waals surface area contributed by atoms with Crippen LogP contribution in [0.1, 0.15) is 13.3 Å². The molecule has 2 aromatic heterocycles. The van der Waals surface area contributed by atoms with Crippen LogP contribution in [0.4, 0.5) is 0 Å². The summed E-state index contributed by atoms with van der Waals surface area (Å²) in [4.78, 5) is 19.5. The molecule has 0 aliphatic heterocycles. The average molecular weight is 410 g/mol. The molecule has 9 nitrogen and oxygen atoms in total. The predicted molar refractivity (Wildman–Crippen MR) is 111 cm³/mol. The van der Waals surface area contributed by atoms with Crippen LogP contribution in [0.2, 0.25) is 0 Å². The second-order valence-corrected chi connectivity index (χ2v) is 6.65. The summed E-state index contributed by atoms with van der Waals surface area (Å²) in [7, 11) is 4.63. The van der Waals surface area contributed by atoms with Gasteiger partial charge in [0.2, 0.25) is 11.6 Å². The summed E-state index contributed by atoms with van der Waals surface area (Å²) in [6, 6.07) is 9.07. The number of hydrogen-bond donors (Lipinski definition) is 1. The van der Waals surface area contributed by atoms with Crippen molar-refractivity contribution in [3.05, 3.63) is 40.8 Å². The molecule has 0 unspecified atom stereocenters. The molecule has 0 radical (unpaired) electrons. The van der Waals surface area contributed by atoms with E-state index in [4.69, 9.17) is 18.7 Å². The molecule has 156 valence electrons. The summed E-state index contributed by atoms with van der Waals surface area (Å²) in [6.45, 7) is 2.69. The summed E-state index contributed by atoms with van der Waals surface area (Å²) in [5, 5.41) is 4.09. The van der Waals surface area contributed by atoms with Gasteiger partial charge in [-0.3, -0.25) is 4.57 Å². The molecule has 0 saturated carbocycles. The molecule has 9 heteroatoms. The monoisotopic (exact) mass is 410 g/mol. The molecule has 1 N–H and O–H groups in total. The first kappa shape index (κ1) is 19.6. The van der Waals surface area contributed by atoms with Gasteiger partial charge in [0, 0.05) is 17.7 Å². The fourth-order valence-corrected chi connectivity index (χ4v) is 3.41. The number of fused-ring (bicyclic) bond motifs is 1. The molecule has 4 rings (SSSR count). The van der Waals surface area contributed by atoms with E-state index in [0.717, 1.165) is 23.0 Å². The Bertz CT molecular complexity index is 1230. The fourth-order valence-electron chi connectivity index (χ4n) is 3.41. The summed E-state index contributed by atoms with van der Waals surface area (Å²) < 4.78 is 23.3. The van der Waals surface area contributed by atoms with Gasteiger partial charge >= 0.3 is 5.69 Å². The number of rotatable bonds is 7. The Hall–Kier alpha value is -3.75. The average Bonchev–Trinajstić information content (AvgIpc) is 3.37. The molecule has 2 heterocycles. The molecule has 0 spiro atoms. The molecule has 4 aromatic rings. The topological polar surface area (TPSA) is 104 Å². The Morgan fingerprint density at radius 2 is 1.77 bits per heavy atom. The number of aromatic amines is 1. The third-order valence-electron chi connectivity index (χ3n) is 4.82. The molecule has 0 aliphatic rings. The lowest BCUT2D eigenvalue weighted by Crippen LogP contribution is -2.16. The Balaban J connectivity index is 1.73. The Labute approximate surface area is 172 Å². The van der Waals surface area contributed by atoms with Gasteiger partial charge in [0.1, 0.15) is 0 Å². The molecule has 2 aromatic carbocycles. The molecule has 30 heavy (non-hydrogen) atoms. The van der Waals surface area contributed by atoms with Crippen LogP contribution >= 0.6 is 0 Å². The molecule has 0 bridgehead atoms. The van der Waals surface area contributed by atoms with E-state index in [1.807, 2.05) is 25.1 Å². The molecular weight excluding hydrogens is 388 g/mol. The van der Waals surface area contributed by atoms with Gasteiger partial charge < -0.3 is 23.7 Å². The smallest absolute Gasteiger partial charge is 0.326 e. The number of nitrogens with one attached hydrogen (secondary N) is 1. The van der Waals surface area contributed by atoms with Gasteiger partial charge in [-0.15, -0.1) is 0 Å². The van der Waals surface area contributed by atoms with Crippen molar-refractivity contribution in [3.8, 4) is 40.1 Å². The van der Waals surface area contributed by atoms with Crippen LogP contribution < -0.4 is 19.9 Å². The number of methoxy groups -OCH3 is 3. The number of H-pyrrole nitrogens is 1. The summed E-state index contributed by atoms with van der Waals surface area (Å²) in [6.07, 6.45) is 0.873. The van der Waals surface area contributed by atoms with Crippen LogP contribution in [0.3, 0.4) is 0 Å². The predicted octanol–water partition coefficient (Wildman–Crippen LogP) is 3.48. The Kier molecular flexibility index (Phi) is 5.18. The Morgan fingerprint density at radius 3 is 2.40 bits per heavy atom. The quantitative estimate of drug-likeness (QED) is 0.497.